The third kappa shape index (κ3) is 6.64. The second kappa shape index (κ2) is 10.8. The van der Waals surface area contributed by atoms with Crippen molar-refractivity contribution in [2.75, 3.05) is 33.2 Å². The molecule has 146 valence electrons. The summed E-state index contributed by atoms with van der Waals surface area (Å²) in [5.41, 5.74) is 0.763. The lowest BCUT2D eigenvalue weighted by molar-refractivity contribution is 0.314. The van der Waals surface area contributed by atoms with Crippen LogP contribution in [0.15, 0.2) is 27.7 Å². The van der Waals surface area contributed by atoms with E-state index in [2.05, 4.69) is 36.5 Å². The van der Waals surface area contributed by atoms with Gasteiger partial charge in [0.2, 0.25) is 0 Å². The number of hydrogen-bond donors (Lipinski definition) is 2. The van der Waals surface area contributed by atoms with Crippen LogP contribution in [0.5, 0.6) is 0 Å². The van der Waals surface area contributed by atoms with E-state index in [1.807, 2.05) is 12.1 Å². The van der Waals surface area contributed by atoms with Gasteiger partial charge < -0.3 is 15.5 Å². The zero-order valence-electron chi connectivity index (χ0n) is 15.3. The molecule has 1 saturated heterocycles. The number of rotatable bonds is 7. The van der Waals surface area contributed by atoms with Crippen LogP contribution in [0.2, 0.25) is 0 Å². The number of nitrogens with zero attached hydrogens (tertiary/aromatic N) is 2. The summed E-state index contributed by atoms with van der Waals surface area (Å²) in [6, 6.07) is 6.13. The van der Waals surface area contributed by atoms with Crippen molar-refractivity contribution in [1.29, 1.82) is 0 Å². The quantitative estimate of drug-likeness (QED) is 0.240. The van der Waals surface area contributed by atoms with E-state index >= 15 is 0 Å². The molecule has 26 heavy (non-hydrogen) atoms. The Balaban J connectivity index is 0.00000243. The summed E-state index contributed by atoms with van der Waals surface area (Å²) in [6.07, 6.45) is 5.66. The van der Waals surface area contributed by atoms with Gasteiger partial charge in [-0.25, -0.2) is 4.39 Å². The van der Waals surface area contributed by atoms with Crippen LogP contribution in [-0.4, -0.2) is 50.1 Å². The van der Waals surface area contributed by atoms with Crippen LogP contribution in [0.4, 0.5) is 4.39 Å². The monoisotopic (exact) mass is 538 g/mol. The minimum Gasteiger partial charge on any atom is -0.356 e. The fourth-order valence-corrected chi connectivity index (χ4v) is 3.81. The number of nitrogens with one attached hydrogen (secondary N) is 2. The first-order valence-corrected chi connectivity index (χ1v) is 10.1. The number of likely N-dealkylation sites (tertiary alicyclic amines) is 1. The molecule has 1 heterocycles. The average molecular weight is 539 g/mol. The second-order valence-electron chi connectivity index (χ2n) is 7.10. The van der Waals surface area contributed by atoms with Crippen molar-refractivity contribution in [1.82, 2.24) is 15.5 Å². The Morgan fingerprint density at radius 1 is 1.31 bits per heavy atom. The smallest absolute Gasteiger partial charge is 0.190 e. The molecule has 4 nitrogen and oxygen atoms in total. The van der Waals surface area contributed by atoms with E-state index in [1.165, 1.54) is 38.4 Å². The molecule has 2 aliphatic rings. The molecule has 1 aromatic carbocycles. The van der Waals surface area contributed by atoms with Gasteiger partial charge in [-0.05, 0) is 62.3 Å². The molecule has 0 spiro atoms. The van der Waals surface area contributed by atoms with Crippen LogP contribution in [-0.2, 0) is 6.42 Å². The van der Waals surface area contributed by atoms with Crippen LogP contribution < -0.4 is 10.6 Å². The number of aryl methyl sites for hydroxylation is 1. The summed E-state index contributed by atoms with van der Waals surface area (Å²) in [6.45, 7) is 4.23. The number of halogens is 3. The van der Waals surface area contributed by atoms with Gasteiger partial charge >= 0.3 is 0 Å². The Bertz CT molecular complexity index is 609. The molecule has 1 aliphatic heterocycles. The van der Waals surface area contributed by atoms with E-state index in [-0.39, 0.29) is 29.8 Å². The molecule has 3 rings (SSSR count). The van der Waals surface area contributed by atoms with E-state index in [9.17, 15) is 4.39 Å². The average Bonchev–Trinajstić information content (AvgIpc) is 3.34. The Morgan fingerprint density at radius 2 is 2.12 bits per heavy atom. The highest BCUT2D eigenvalue weighted by atomic mass is 127. The van der Waals surface area contributed by atoms with E-state index in [0.29, 0.717) is 0 Å². The first-order chi connectivity index (χ1) is 12.2. The van der Waals surface area contributed by atoms with Crippen molar-refractivity contribution in [2.45, 2.75) is 38.1 Å². The second-order valence-corrected chi connectivity index (χ2v) is 8.02. The molecule has 0 aromatic heterocycles. The predicted molar refractivity (Wildman–Crippen MR) is 120 cm³/mol. The van der Waals surface area contributed by atoms with Gasteiger partial charge in [-0.3, -0.25) is 4.99 Å². The fraction of sp³-hybridized carbons (Fsp3) is 0.632. The molecule has 0 radical (unpaired) electrons. The van der Waals surface area contributed by atoms with Crippen molar-refractivity contribution in [3.63, 3.8) is 0 Å². The topological polar surface area (TPSA) is 39.7 Å². The SMILES string of the molecule is CN=C(NCCCc1ccc(Br)cc1F)NCC1CCN(C2CC2)C1.I. The van der Waals surface area contributed by atoms with Crippen molar-refractivity contribution in [3.8, 4) is 0 Å². The molecular formula is C19H29BrFIN4. The molecule has 1 atom stereocenters. The van der Waals surface area contributed by atoms with E-state index in [1.54, 1.807) is 7.05 Å². The Labute approximate surface area is 181 Å². The number of benzene rings is 1. The van der Waals surface area contributed by atoms with Crippen LogP contribution in [0.25, 0.3) is 0 Å². The van der Waals surface area contributed by atoms with Crippen molar-refractivity contribution >= 4 is 45.9 Å². The Kier molecular flexibility index (Phi) is 9.09. The zero-order valence-corrected chi connectivity index (χ0v) is 19.2. The molecule has 1 aromatic rings. The van der Waals surface area contributed by atoms with Gasteiger partial charge in [0, 0.05) is 37.2 Å². The summed E-state index contributed by atoms with van der Waals surface area (Å²) >= 11 is 3.29. The largest absolute Gasteiger partial charge is 0.356 e. The Morgan fingerprint density at radius 3 is 2.81 bits per heavy atom. The lowest BCUT2D eigenvalue weighted by atomic mass is 10.1. The van der Waals surface area contributed by atoms with E-state index in [4.69, 9.17) is 0 Å². The van der Waals surface area contributed by atoms with Crippen LogP contribution in [0.1, 0.15) is 31.2 Å². The number of guanidine groups is 1. The third-order valence-electron chi connectivity index (χ3n) is 5.09. The summed E-state index contributed by atoms with van der Waals surface area (Å²) in [7, 11) is 1.80. The van der Waals surface area contributed by atoms with Crippen molar-refractivity contribution in [2.24, 2.45) is 10.9 Å². The molecular weight excluding hydrogens is 510 g/mol. The zero-order chi connectivity index (χ0) is 17.6. The lowest BCUT2D eigenvalue weighted by Gasteiger charge is -2.17. The number of hydrogen-bond acceptors (Lipinski definition) is 2. The molecule has 2 N–H and O–H groups in total. The summed E-state index contributed by atoms with van der Waals surface area (Å²) in [5, 5.41) is 6.78. The highest BCUT2D eigenvalue weighted by Crippen LogP contribution is 2.31. The summed E-state index contributed by atoms with van der Waals surface area (Å²) in [5.74, 6) is 1.43. The maximum atomic E-state index is 13.8. The van der Waals surface area contributed by atoms with Gasteiger partial charge in [0.15, 0.2) is 5.96 Å². The molecule has 2 fully saturated rings. The molecule has 7 heteroatoms. The van der Waals surface area contributed by atoms with Gasteiger partial charge in [0.25, 0.3) is 0 Å². The van der Waals surface area contributed by atoms with Crippen LogP contribution in [0, 0.1) is 11.7 Å². The minimum absolute atomic E-state index is 0. The first-order valence-electron chi connectivity index (χ1n) is 9.28. The van der Waals surface area contributed by atoms with Crippen LogP contribution in [0.3, 0.4) is 0 Å². The van der Waals surface area contributed by atoms with E-state index < -0.39 is 0 Å². The van der Waals surface area contributed by atoms with Gasteiger partial charge in [-0.1, -0.05) is 22.0 Å². The maximum Gasteiger partial charge on any atom is 0.190 e. The molecule has 0 bridgehead atoms. The molecule has 1 unspecified atom stereocenters. The standard InChI is InChI=1S/C19H28BrFN4.HI/c1-22-19(24-12-14-8-10-25(13-14)17-6-7-17)23-9-2-3-15-4-5-16(20)11-18(15)21;/h4-5,11,14,17H,2-3,6-10,12-13H2,1H3,(H2,22,23,24);1H. The van der Waals surface area contributed by atoms with Crippen molar-refractivity contribution in [3.05, 3.63) is 34.1 Å². The highest BCUT2D eigenvalue weighted by Gasteiger charge is 2.34. The van der Waals surface area contributed by atoms with Crippen molar-refractivity contribution < 1.29 is 4.39 Å². The number of aliphatic imine (C=N–C) groups is 1. The minimum atomic E-state index is -0.140. The highest BCUT2D eigenvalue weighted by molar-refractivity contribution is 14.0. The predicted octanol–water partition coefficient (Wildman–Crippen LogP) is 3.79. The fourth-order valence-electron chi connectivity index (χ4n) is 3.47. The summed E-state index contributed by atoms with van der Waals surface area (Å²) < 4.78 is 14.6. The molecule has 0 amide bonds. The van der Waals surface area contributed by atoms with Gasteiger partial charge in [-0.2, -0.15) is 0 Å². The van der Waals surface area contributed by atoms with E-state index in [0.717, 1.165) is 53.9 Å². The maximum absolute atomic E-state index is 13.8. The molecule has 1 aliphatic carbocycles. The lowest BCUT2D eigenvalue weighted by Crippen LogP contribution is -2.40. The first kappa shape index (κ1) is 21.9. The van der Waals surface area contributed by atoms with Gasteiger partial charge in [0.1, 0.15) is 5.82 Å². The Hall–Kier alpha value is -0.410. The normalized spacial score (nSPS) is 20.7. The van der Waals surface area contributed by atoms with Gasteiger partial charge in [0.05, 0.1) is 0 Å². The van der Waals surface area contributed by atoms with Crippen LogP contribution >= 0.6 is 39.9 Å². The third-order valence-corrected chi connectivity index (χ3v) is 5.59. The molecule has 1 saturated carbocycles. The summed E-state index contributed by atoms with van der Waals surface area (Å²) in [4.78, 5) is 6.92. The van der Waals surface area contributed by atoms with Gasteiger partial charge in [-0.15, -0.1) is 24.0 Å².